The lowest BCUT2D eigenvalue weighted by Gasteiger charge is -2.45. The van der Waals surface area contributed by atoms with E-state index in [-0.39, 0.29) is 29.7 Å². The van der Waals surface area contributed by atoms with Crippen molar-refractivity contribution in [3.63, 3.8) is 0 Å². The highest BCUT2D eigenvalue weighted by Gasteiger charge is 2.84. The smallest absolute Gasteiger partial charge is 0.253 e. The molecule has 1 amide bonds. The van der Waals surface area contributed by atoms with E-state index in [4.69, 9.17) is 15.2 Å². The third-order valence-corrected chi connectivity index (χ3v) is 8.47. The van der Waals surface area contributed by atoms with Gasteiger partial charge in [0.2, 0.25) is 5.79 Å². The van der Waals surface area contributed by atoms with E-state index in [2.05, 4.69) is 0 Å². The van der Waals surface area contributed by atoms with Gasteiger partial charge in [-0.15, -0.1) is 0 Å². The van der Waals surface area contributed by atoms with Crippen LogP contribution in [0, 0.1) is 11.8 Å². The number of allylic oxidation sites excluding steroid dienone is 1. The number of epoxide rings is 1. The lowest BCUT2D eigenvalue weighted by Crippen LogP contribution is -2.57. The van der Waals surface area contributed by atoms with Crippen LogP contribution in [0.15, 0.2) is 59.1 Å². The number of primary amides is 1. The average molecular weight is 521 g/mol. The van der Waals surface area contributed by atoms with Crippen LogP contribution in [0.5, 0.6) is 11.5 Å². The minimum Gasteiger partial charge on any atom is -0.510 e. The maximum Gasteiger partial charge on any atom is 0.253 e. The number of Topliss-reactive ketones (excluding diaryl/α,β-unsaturated/α-hetero) is 1. The molecule has 1 fully saturated rings. The molecular weight excluding hydrogens is 492 g/mol. The van der Waals surface area contributed by atoms with E-state index in [1.807, 2.05) is 30.3 Å². The van der Waals surface area contributed by atoms with Crippen molar-refractivity contribution in [2.45, 2.75) is 30.3 Å². The van der Waals surface area contributed by atoms with Gasteiger partial charge in [-0.2, -0.15) is 0 Å². The standard InChI is InChI=1S/C28H28N2O8/c1-30(2)21-16-10-13-9-15-19(17(31)11-14(24(15)37-3)12-7-5-4-6-8-12)22(32)18(13)25(34)27(16)28(36,38-27)20(23(21)33)26(29)35/h4-8,11,13,16,21,31,33-34,36H,9-10H2,1-3H3,(H2,29,35)/t13-,16-,21-,27-,28?/m0/s1. The average Bonchev–Trinajstić information content (AvgIpc) is 3.49. The Bertz CT molecular complexity index is 1480. The Labute approximate surface area is 218 Å². The predicted octanol–water partition coefficient (Wildman–Crippen LogP) is 1.95. The lowest BCUT2D eigenvalue weighted by atomic mass is 9.60. The van der Waals surface area contributed by atoms with Gasteiger partial charge < -0.3 is 35.6 Å². The normalized spacial score (nSPS) is 31.4. The molecule has 0 aromatic heterocycles. The van der Waals surface area contributed by atoms with Crippen LogP contribution in [-0.4, -0.2) is 75.7 Å². The molecule has 6 rings (SSSR count). The molecule has 0 bridgehead atoms. The summed E-state index contributed by atoms with van der Waals surface area (Å²) in [5.74, 6) is -6.10. The summed E-state index contributed by atoms with van der Waals surface area (Å²) in [5.41, 5.74) is 5.05. The molecule has 10 heteroatoms. The van der Waals surface area contributed by atoms with Gasteiger partial charge in [-0.25, -0.2) is 0 Å². The van der Waals surface area contributed by atoms with Crippen LogP contribution in [0.4, 0.5) is 0 Å². The van der Waals surface area contributed by atoms with Crippen molar-refractivity contribution in [1.82, 2.24) is 4.90 Å². The molecule has 0 radical (unpaired) electrons. The van der Waals surface area contributed by atoms with Crippen molar-refractivity contribution in [2.24, 2.45) is 17.6 Å². The number of hydrogen-bond donors (Lipinski definition) is 5. The van der Waals surface area contributed by atoms with Gasteiger partial charge in [-0.05, 0) is 44.5 Å². The number of aliphatic hydroxyl groups is 3. The van der Waals surface area contributed by atoms with Crippen LogP contribution in [0.2, 0.25) is 0 Å². The Morgan fingerprint density at radius 2 is 1.87 bits per heavy atom. The second-order valence-electron chi connectivity index (χ2n) is 10.5. The summed E-state index contributed by atoms with van der Waals surface area (Å²) in [7, 11) is 4.87. The van der Waals surface area contributed by atoms with E-state index < -0.39 is 58.0 Å². The Morgan fingerprint density at radius 3 is 2.47 bits per heavy atom. The van der Waals surface area contributed by atoms with Crippen LogP contribution in [0.3, 0.4) is 0 Å². The van der Waals surface area contributed by atoms with E-state index >= 15 is 0 Å². The zero-order valence-corrected chi connectivity index (χ0v) is 21.1. The first-order valence-electron chi connectivity index (χ1n) is 12.3. The number of carbonyl (C=O) groups is 2. The fraction of sp³-hybridized carbons (Fsp3) is 0.357. The molecule has 2 aromatic rings. The molecular formula is C28H28N2O8. The Balaban J connectivity index is 1.55. The molecule has 0 saturated carbocycles. The number of aliphatic hydroxyl groups excluding tert-OH is 2. The monoisotopic (exact) mass is 520 g/mol. The molecule has 3 aliphatic carbocycles. The van der Waals surface area contributed by atoms with Crippen molar-refractivity contribution in [3.8, 4) is 22.6 Å². The Morgan fingerprint density at radius 1 is 1.18 bits per heavy atom. The number of nitrogens with two attached hydrogens (primary N) is 1. The molecule has 5 atom stereocenters. The van der Waals surface area contributed by atoms with Crippen molar-refractivity contribution >= 4 is 11.7 Å². The third kappa shape index (κ3) is 2.82. The van der Waals surface area contributed by atoms with E-state index in [1.165, 1.54) is 13.2 Å². The first-order chi connectivity index (χ1) is 18.0. The topological polar surface area (TPSA) is 166 Å². The van der Waals surface area contributed by atoms with Crippen LogP contribution in [-0.2, 0) is 16.0 Å². The summed E-state index contributed by atoms with van der Waals surface area (Å²) in [5, 5.41) is 45.0. The number of fused-ring (bicyclic) bond motifs is 2. The summed E-state index contributed by atoms with van der Waals surface area (Å²) in [6.45, 7) is 0. The molecule has 6 N–H and O–H groups in total. The second-order valence-corrected chi connectivity index (χ2v) is 10.5. The number of amides is 1. The molecule has 4 aliphatic rings. The minimum absolute atomic E-state index is 0.00259. The van der Waals surface area contributed by atoms with Gasteiger partial charge in [0.05, 0.1) is 18.7 Å². The van der Waals surface area contributed by atoms with Crippen molar-refractivity contribution in [2.75, 3.05) is 21.2 Å². The number of likely N-dealkylation sites (N-methyl/N-ethyl adjacent to an activating group) is 1. The fourth-order valence-corrected chi connectivity index (χ4v) is 6.98. The number of phenolic OH excluding ortho intramolecular Hbond substituents is 1. The van der Waals surface area contributed by atoms with Crippen LogP contribution in [0.1, 0.15) is 22.3 Å². The van der Waals surface area contributed by atoms with Crippen LogP contribution >= 0.6 is 0 Å². The molecule has 2 aromatic carbocycles. The molecule has 1 spiro atoms. The largest absolute Gasteiger partial charge is 0.510 e. The number of aromatic hydroxyl groups is 1. The highest BCUT2D eigenvalue weighted by Crippen LogP contribution is 2.68. The molecule has 38 heavy (non-hydrogen) atoms. The van der Waals surface area contributed by atoms with E-state index in [9.17, 15) is 30.0 Å². The van der Waals surface area contributed by atoms with E-state index in [0.717, 1.165) is 5.56 Å². The summed E-state index contributed by atoms with van der Waals surface area (Å²) in [4.78, 5) is 27.8. The lowest BCUT2D eigenvalue weighted by molar-refractivity contribution is -0.117. The molecule has 1 saturated heterocycles. The van der Waals surface area contributed by atoms with E-state index in [0.29, 0.717) is 16.9 Å². The van der Waals surface area contributed by atoms with Crippen molar-refractivity contribution < 1.29 is 39.5 Å². The third-order valence-electron chi connectivity index (χ3n) is 8.47. The summed E-state index contributed by atoms with van der Waals surface area (Å²) < 4.78 is 11.5. The number of benzene rings is 2. The van der Waals surface area contributed by atoms with Gasteiger partial charge >= 0.3 is 0 Å². The number of ether oxygens (including phenoxy) is 2. The first-order valence-corrected chi connectivity index (χ1v) is 12.3. The van der Waals surface area contributed by atoms with Crippen LogP contribution < -0.4 is 10.5 Å². The quantitative estimate of drug-likeness (QED) is 0.379. The maximum atomic E-state index is 13.9. The zero-order valence-electron chi connectivity index (χ0n) is 21.1. The summed E-state index contributed by atoms with van der Waals surface area (Å²) >= 11 is 0. The second kappa shape index (κ2) is 7.83. The van der Waals surface area contributed by atoms with Gasteiger partial charge in [0.25, 0.3) is 5.91 Å². The SMILES string of the molecule is COc1c(-c2ccccc2)cc(O)c2c1C[C@H]1C[C@H]3[C@H](N(C)C)C(O)=C(C(N)=O)C4(O)O[C@]34C(O)=C1C2=O. The number of phenols is 1. The highest BCUT2D eigenvalue weighted by molar-refractivity contribution is 6.14. The number of nitrogens with zero attached hydrogens (tertiary/aromatic N) is 1. The van der Waals surface area contributed by atoms with Crippen molar-refractivity contribution in [3.05, 3.63) is 70.2 Å². The fourth-order valence-electron chi connectivity index (χ4n) is 6.98. The molecule has 198 valence electrons. The maximum absolute atomic E-state index is 13.9. The number of methoxy groups -OCH3 is 1. The van der Waals surface area contributed by atoms with Gasteiger partial charge in [-0.3, -0.25) is 14.5 Å². The van der Waals surface area contributed by atoms with Gasteiger partial charge in [0.15, 0.2) is 11.4 Å². The molecule has 1 unspecified atom stereocenters. The van der Waals surface area contributed by atoms with E-state index in [1.54, 1.807) is 19.0 Å². The molecule has 1 heterocycles. The first kappa shape index (κ1) is 24.5. The molecule has 1 aliphatic heterocycles. The number of ketones is 1. The minimum atomic E-state index is -2.38. The summed E-state index contributed by atoms with van der Waals surface area (Å²) in [6.07, 6.45) is 0.474. The molecule has 10 nitrogen and oxygen atoms in total. The number of hydrogen-bond acceptors (Lipinski definition) is 9. The predicted molar refractivity (Wildman–Crippen MR) is 134 cm³/mol. The van der Waals surface area contributed by atoms with Gasteiger partial charge in [0, 0.05) is 22.6 Å². The number of rotatable bonds is 4. The van der Waals surface area contributed by atoms with Crippen LogP contribution in [0.25, 0.3) is 11.1 Å². The van der Waals surface area contributed by atoms with Crippen molar-refractivity contribution in [1.29, 1.82) is 0 Å². The Hall–Kier alpha value is -3.86. The number of carbonyl (C=O) groups excluding carboxylic acids is 2. The summed E-state index contributed by atoms with van der Waals surface area (Å²) in [6, 6.07) is 9.97. The Kier molecular flexibility index (Phi) is 5.04. The highest BCUT2D eigenvalue weighted by atomic mass is 16.8. The van der Waals surface area contributed by atoms with Gasteiger partial charge in [0.1, 0.15) is 28.6 Å². The van der Waals surface area contributed by atoms with Gasteiger partial charge in [-0.1, -0.05) is 30.3 Å². The zero-order chi connectivity index (χ0) is 27.3.